The molecule has 1 aromatic rings. The van der Waals surface area contributed by atoms with Gasteiger partial charge in [0.25, 0.3) is 0 Å². The number of thioether (sulfide) groups is 1. The molecule has 8 heteroatoms. The molecule has 1 aromatic heterocycles. The SMILES string of the molecule is CCOC(=O)C(N)CSCC(=O)N(C)Cc1ccc(Cl)s1. The lowest BCUT2D eigenvalue weighted by Crippen LogP contribution is -2.35. The third-order valence-corrected chi connectivity index (χ3v) is 4.82. The van der Waals surface area contributed by atoms with Crippen LogP contribution in [0, 0.1) is 0 Å². The van der Waals surface area contributed by atoms with Crippen LogP contribution in [0.15, 0.2) is 12.1 Å². The van der Waals surface area contributed by atoms with Crippen LogP contribution in [0.4, 0.5) is 0 Å². The zero-order chi connectivity index (χ0) is 15.8. The quantitative estimate of drug-likeness (QED) is 0.726. The lowest BCUT2D eigenvalue weighted by molar-refractivity contribution is -0.144. The molecule has 0 aliphatic rings. The second-order valence-corrected chi connectivity index (χ2v) is 7.16. The average molecular weight is 351 g/mol. The van der Waals surface area contributed by atoms with Gasteiger partial charge in [-0.1, -0.05) is 11.6 Å². The van der Waals surface area contributed by atoms with Crippen LogP contribution < -0.4 is 5.73 Å². The van der Waals surface area contributed by atoms with E-state index in [0.29, 0.717) is 23.2 Å². The van der Waals surface area contributed by atoms with Gasteiger partial charge in [-0.25, -0.2) is 0 Å². The van der Waals surface area contributed by atoms with Gasteiger partial charge < -0.3 is 15.4 Å². The zero-order valence-corrected chi connectivity index (χ0v) is 14.4. The summed E-state index contributed by atoms with van der Waals surface area (Å²) >= 11 is 8.63. The number of rotatable bonds is 8. The first-order chi connectivity index (χ1) is 9.93. The lowest BCUT2D eigenvalue weighted by Gasteiger charge is -2.16. The predicted molar refractivity (Wildman–Crippen MR) is 87.7 cm³/mol. The van der Waals surface area contributed by atoms with Crippen LogP contribution in [-0.2, 0) is 20.9 Å². The summed E-state index contributed by atoms with van der Waals surface area (Å²) in [6, 6.07) is 3.03. The van der Waals surface area contributed by atoms with E-state index in [2.05, 4.69) is 0 Å². The van der Waals surface area contributed by atoms with Crippen molar-refractivity contribution < 1.29 is 14.3 Å². The van der Waals surface area contributed by atoms with E-state index in [1.807, 2.05) is 12.1 Å². The van der Waals surface area contributed by atoms with E-state index in [9.17, 15) is 9.59 Å². The van der Waals surface area contributed by atoms with Gasteiger partial charge in [0.05, 0.1) is 23.2 Å². The van der Waals surface area contributed by atoms with E-state index in [4.69, 9.17) is 22.1 Å². The third kappa shape index (κ3) is 6.69. The lowest BCUT2D eigenvalue weighted by atomic mass is 10.4. The first-order valence-electron chi connectivity index (χ1n) is 6.42. The minimum Gasteiger partial charge on any atom is -0.465 e. The Morgan fingerprint density at radius 2 is 2.24 bits per heavy atom. The second-order valence-electron chi connectivity index (χ2n) is 4.33. The summed E-state index contributed by atoms with van der Waals surface area (Å²) in [5, 5.41) is 0. The Balaban J connectivity index is 2.28. The largest absolute Gasteiger partial charge is 0.465 e. The molecule has 0 aliphatic heterocycles. The average Bonchev–Trinajstić information content (AvgIpc) is 2.83. The van der Waals surface area contributed by atoms with E-state index >= 15 is 0 Å². The van der Waals surface area contributed by atoms with Crippen LogP contribution in [0.5, 0.6) is 0 Å². The number of thiophene rings is 1. The molecule has 0 bridgehead atoms. The van der Waals surface area contributed by atoms with Crippen molar-refractivity contribution in [2.45, 2.75) is 19.5 Å². The number of carbonyl (C=O) groups is 2. The van der Waals surface area contributed by atoms with Gasteiger partial charge in [-0.05, 0) is 19.1 Å². The summed E-state index contributed by atoms with van der Waals surface area (Å²) in [6.45, 7) is 2.57. The molecule has 5 nitrogen and oxygen atoms in total. The normalized spacial score (nSPS) is 12.0. The van der Waals surface area contributed by atoms with E-state index in [1.54, 1.807) is 18.9 Å². The molecular weight excluding hydrogens is 332 g/mol. The Hall–Kier alpha value is -0.760. The number of hydrogen-bond donors (Lipinski definition) is 1. The van der Waals surface area contributed by atoms with Crippen LogP contribution in [0.25, 0.3) is 0 Å². The summed E-state index contributed by atoms with van der Waals surface area (Å²) in [5.41, 5.74) is 5.66. The number of ether oxygens (including phenoxy) is 1. The van der Waals surface area contributed by atoms with Crippen molar-refractivity contribution in [1.29, 1.82) is 0 Å². The Morgan fingerprint density at radius 1 is 1.52 bits per heavy atom. The Morgan fingerprint density at radius 3 is 2.81 bits per heavy atom. The Labute approximate surface area is 137 Å². The highest BCUT2D eigenvalue weighted by Crippen LogP contribution is 2.22. The third-order valence-electron chi connectivity index (χ3n) is 2.56. The molecule has 21 heavy (non-hydrogen) atoms. The highest BCUT2D eigenvalue weighted by Gasteiger charge is 2.16. The second kappa shape index (κ2) is 9.30. The molecule has 0 spiro atoms. The first kappa shape index (κ1) is 18.3. The summed E-state index contributed by atoms with van der Waals surface area (Å²) in [7, 11) is 1.74. The molecule has 1 unspecified atom stereocenters. The maximum absolute atomic E-state index is 12.0. The van der Waals surface area contributed by atoms with Crippen molar-refractivity contribution in [2.75, 3.05) is 25.2 Å². The number of nitrogens with two attached hydrogens (primary N) is 1. The van der Waals surface area contributed by atoms with Gasteiger partial charge >= 0.3 is 5.97 Å². The van der Waals surface area contributed by atoms with Crippen molar-refractivity contribution in [3.05, 3.63) is 21.3 Å². The van der Waals surface area contributed by atoms with Crippen LogP contribution in [0.3, 0.4) is 0 Å². The molecule has 0 radical (unpaired) electrons. The fraction of sp³-hybridized carbons (Fsp3) is 0.538. The fourth-order valence-corrected chi connectivity index (χ4v) is 3.50. The monoisotopic (exact) mass is 350 g/mol. The minimum atomic E-state index is -0.691. The topological polar surface area (TPSA) is 72.6 Å². The van der Waals surface area contributed by atoms with Gasteiger partial charge in [-0.3, -0.25) is 9.59 Å². The molecule has 0 aliphatic carbocycles. The van der Waals surface area contributed by atoms with Crippen molar-refractivity contribution in [2.24, 2.45) is 5.73 Å². The van der Waals surface area contributed by atoms with Crippen LogP contribution in [0.1, 0.15) is 11.8 Å². The van der Waals surface area contributed by atoms with E-state index in [0.717, 1.165) is 4.88 Å². The van der Waals surface area contributed by atoms with Crippen LogP contribution in [-0.4, -0.2) is 48.0 Å². The molecule has 1 rings (SSSR count). The number of amides is 1. The van der Waals surface area contributed by atoms with Crippen molar-refractivity contribution in [3.8, 4) is 0 Å². The van der Waals surface area contributed by atoms with Gasteiger partial charge in [0.15, 0.2) is 0 Å². The van der Waals surface area contributed by atoms with Crippen molar-refractivity contribution >= 4 is 46.6 Å². The zero-order valence-electron chi connectivity index (χ0n) is 12.0. The summed E-state index contributed by atoms with van der Waals surface area (Å²) in [6.07, 6.45) is 0. The summed E-state index contributed by atoms with van der Waals surface area (Å²) in [4.78, 5) is 25.9. The summed E-state index contributed by atoms with van der Waals surface area (Å²) in [5.74, 6) is 0.200. The molecule has 1 amide bonds. The van der Waals surface area contributed by atoms with E-state index < -0.39 is 12.0 Å². The minimum absolute atomic E-state index is 0.0134. The van der Waals surface area contributed by atoms with Crippen LogP contribution in [0.2, 0.25) is 4.34 Å². The molecule has 0 saturated heterocycles. The molecule has 1 atom stereocenters. The number of carbonyl (C=O) groups excluding carboxylic acids is 2. The highest BCUT2D eigenvalue weighted by molar-refractivity contribution is 8.00. The molecule has 0 fully saturated rings. The van der Waals surface area contributed by atoms with Gasteiger partial charge in [-0.15, -0.1) is 23.1 Å². The fourth-order valence-electron chi connectivity index (χ4n) is 1.46. The highest BCUT2D eigenvalue weighted by atomic mass is 35.5. The van der Waals surface area contributed by atoms with Crippen molar-refractivity contribution in [1.82, 2.24) is 4.90 Å². The standard InChI is InChI=1S/C13H19ClN2O3S2/c1-3-19-13(18)10(15)7-20-8-12(17)16(2)6-9-4-5-11(14)21-9/h4-5,10H,3,6-8,15H2,1-2H3. The smallest absolute Gasteiger partial charge is 0.323 e. The van der Waals surface area contributed by atoms with E-state index in [1.165, 1.54) is 23.1 Å². The molecule has 1 heterocycles. The molecule has 118 valence electrons. The maximum atomic E-state index is 12.0. The van der Waals surface area contributed by atoms with E-state index in [-0.39, 0.29) is 11.7 Å². The Bertz CT molecular complexity index is 482. The van der Waals surface area contributed by atoms with Gasteiger partial charge in [0, 0.05) is 17.7 Å². The molecule has 2 N–H and O–H groups in total. The Kier molecular flexibility index (Phi) is 8.10. The number of hydrogen-bond acceptors (Lipinski definition) is 6. The van der Waals surface area contributed by atoms with Crippen molar-refractivity contribution in [3.63, 3.8) is 0 Å². The maximum Gasteiger partial charge on any atom is 0.323 e. The number of halogens is 1. The predicted octanol–water partition coefficient (Wildman–Crippen LogP) is 1.98. The molecule has 0 saturated carbocycles. The van der Waals surface area contributed by atoms with Gasteiger partial charge in [0.2, 0.25) is 5.91 Å². The first-order valence-corrected chi connectivity index (χ1v) is 8.77. The molecule has 0 aromatic carbocycles. The summed E-state index contributed by atoms with van der Waals surface area (Å²) < 4.78 is 5.52. The van der Waals surface area contributed by atoms with Gasteiger partial charge in [0.1, 0.15) is 6.04 Å². The molecular formula is C13H19ClN2O3S2. The number of nitrogens with zero attached hydrogens (tertiary/aromatic N) is 1. The van der Waals surface area contributed by atoms with Crippen LogP contribution >= 0.6 is 34.7 Å². The number of esters is 1. The van der Waals surface area contributed by atoms with Gasteiger partial charge in [-0.2, -0.15) is 0 Å².